The fraction of sp³-hybridized carbons (Fsp3) is 0.133. The van der Waals surface area contributed by atoms with Gasteiger partial charge in [0.05, 0.1) is 0 Å². The van der Waals surface area contributed by atoms with E-state index in [0.29, 0.717) is 0 Å². The molecule has 2 aromatic rings. The number of hydrogen-bond donors (Lipinski definition) is 0. The minimum atomic E-state index is -4.83. The van der Waals surface area contributed by atoms with Crippen LogP contribution in [0.15, 0.2) is 58.3 Å². The maximum atomic E-state index is 12.3. The molecule has 0 radical (unpaired) electrons. The molecule has 0 saturated heterocycles. The summed E-state index contributed by atoms with van der Waals surface area (Å²) in [6.07, 6.45) is -4.83. The standard InChI is InChI=1S/C15H11F3OS/c1-10-3-2-4-13(9-10)20-12-7-5-11(6-8-12)14(19)15(16,17)18/h2-9H,1H3. The monoisotopic (exact) mass is 296 g/mol. The van der Waals surface area contributed by atoms with Gasteiger partial charge in [-0.3, -0.25) is 4.79 Å². The summed E-state index contributed by atoms with van der Waals surface area (Å²) < 4.78 is 36.8. The molecule has 5 heteroatoms. The summed E-state index contributed by atoms with van der Waals surface area (Å²) >= 11 is 1.44. The van der Waals surface area contributed by atoms with Gasteiger partial charge >= 0.3 is 6.18 Å². The molecule has 2 aromatic carbocycles. The maximum absolute atomic E-state index is 12.3. The van der Waals surface area contributed by atoms with E-state index in [0.717, 1.165) is 15.4 Å². The lowest BCUT2D eigenvalue weighted by atomic mass is 10.1. The molecule has 0 atom stereocenters. The SMILES string of the molecule is Cc1cccc(Sc2ccc(C(=O)C(F)(F)F)cc2)c1. The second kappa shape index (κ2) is 5.71. The number of benzene rings is 2. The Morgan fingerprint density at radius 1 is 1.00 bits per heavy atom. The van der Waals surface area contributed by atoms with Gasteiger partial charge < -0.3 is 0 Å². The fourth-order valence-corrected chi connectivity index (χ4v) is 2.59. The number of halogens is 3. The van der Waals surface area contributed by atoms with Gasteiger partial charge in [-0.1, -0.05) is 29.5 Å². The van der Waals surface area contributed by atoms with Gasteiger partial charge in [-0.25, -0.2) is 0 Å². The molecule has 0 aliphatic rings. The quantitative estimate of drug-likeness (QED) is 0.750. The molecule has 0 bridgehead atoms. The van der Waals surface area contributed by atoms with E-state index in [9.17, 15) is 18.0 Å². The van der Waals surface area contributed by atoms with Crippen LogP contribution in [0.4, 0.5) is 13.2 Å². The van der Waals surface area contributed by atoms with Gasteiger partial charge in [-0.15, -0.1) is 0 Å². The highest BCUT2D eigenvalue weighted by molar-refractivity contribution is 7.99. The molecule has 0 spiro atoms. The Hall–Kier alpha value is -1.75. The normalized spacial score (nSPS) is 11.4. The molecule has 0 unspecified atom stereocenters. The van der Waals surface area contributed by atoms with Crippen LogP contribution in [-0.4, -0.2) is 12.0 Å². The van der Waals surface area contributed by atoms with Crippen LogP contribution in [0, 0.1) is 6.92 Å². The van der Waals surface area contributed by atoms with Crippen LogP contribution in [0.25, 0.3) is 0 Å². The maximum Gasteiger partial charge on any atom is 0.454 e. The third-order valence-electron chi connectivity index (χ3n) is 2.60. The molecule has 104 valence electrons. The largest absolute Gasteiger partial charge is 0.454 e. The molecule has 0 aromatic heterocycles. The van der Waals surface area contributed by atoms with Crippen LogP contribution in [-0.2, 0) is 0 Å². The van der Waals surface area contributed by atoms with Crippen molar-refractivity contribution < 1.29 is 18.0 Å². The van der Waals surface area contributed by atoms with Crippen molar-refractivity contribution in [1.29, 1.82) is 0 Å². The first-order valence-corrected chi connectivity index (χ1v) is 6.64. The second-order valence-electron chi connectivity index (χ2n) is 4.27. The lowest BCUT2D eigenvalue weighted by molar-refractivity contribution is -0.0885. The summed E-state index contributed by atoms with van der Waals surface area (Å²) in [6.45, 7) is 1.97. The van der Waals surface area contributed by atoms with E-state index in [-0.39, 0.29) is 5.56 Å². The van der Waals surface area contributed by atoms with E-state index < -0.39 is 12.0 Å². The van der Waals surface area contributed by atoms with Gasteiger partial charge in [0, 0.05) is 15.4 Å². The van der Waals surface area contributed by atoms with Gasteiger partial charge in [0.15, 0.2) is 0 Å². The van der Waals surface area contributed by atoms with Crippen LogP contribution in [0.5, 0.6) is 0 Å². The van der Waals surface area contributed by atoms with Gasteiger partial charge in [0.25, 0.3) is 5.78 Å². The molecule has 1 nitrogen and oxygen atoms in total. The van der Waals surface area contributed by atoms with E-state index in [1.165, 1.54) is 36.0 Å². The van der Waals surface area contributed by atoms with E-state index >= 15 is 0 Å². The number of alkyl halides is 3. The van der Waals surface area contributed by atoms with Crippen LogP contribution in [0.1, 0.15) is 15.9 Å². The first kappa shape index (κ1) is 14.7. The third kappa shape index (κ3) is 3.63. The molecular weight excluding hydrogens is 285 g/mol. The molecule has 0 N–H and O–H groups in total. The minimum Gasteiger partial charge on any atom is -0.284 e. The predicted octanol–water partition coefficient (Wildman–Crippen LogP) is 4.89. The highest BCUT2D eigenvalue weighted by atomic mass is 32.2. The topological polar surface area (TPSA) is 17.1 Å². The lowest BCUT2D eigenvalue weighted by Crippen LogP contribution is -2.22. The zero-order valence-electron chi connectivity index (χ0n) is 10.6. The van der Waals surface area contributed by atoms with E-state index in [2.05, 4.69) is 0 Å². The molecular formula is C15H11F3OS. The number of aryl methyl sites for hydroxylation is 1. The van der Waals surface area contributed by atoms with Crippen LogP contribution < -0.4 is 0 Å². The summed E-state index contributed by atoms with van der Waals surface area (Å²) in [5.41, 5.74) is 0.768. The first-order chi connectivity index (χ1) is 9.36. The van der Waals surface area contributed by atoms with Crippen LogP contribution in [0.3, 0.4) is 0 Å². The Kier molecular flexibility index (Phi) is 4.18. The number of ketones is 1. The van der Waals surface area contributed by atoms with Crippen LogP contribution in [0.2, 0.25) is 0 Å². The van der Waals surface area contributed by atoms with Crippen molar-refractivity contribution in [3.8, 4) is 0 Å². The molecule has 2 rings (SSSR count). The van der Waals surface area contributed by atoms with E-state index in [1.54, 1.807) is 0 Å². The van der Waals surface area contributed by atoms with Crippen molar-refractivity contribution in [1.82, 2.24) is 0 Å². The molecule has 0 heterocycles. The van der Waals surface area contributed by atoms with Crippen molar-refractivity contribution in [2.24, 2.45) is 0 Å². The summed E-state index contributed by atoms with van der Waals surface area (Å²) in [7, 11) is 0. The molecule has 0 saturated carbocycles. The Morgan fingerprint density at radius 2 is 1.65 bits per heavy atom. The summed E-state index contributed by atoms with van der Waals surface area (Å²) in [5, 5.41) is 0. The Labute approximate surface area is 118 Å². The van der Waals surface area contributed by atoms with Crippen molar-refractivity contribution >= 4 is 17.5 Å². The number of Topliss-reactive ketones (excluding diaryl/α,β-unsaturated/α-hetero) is 1. The van der Waals surface area contributed by atoms with Gasteiger partial charge in [0.1, 0.15) is 0 Å². The van der Waals surface area contributed by atoms with Gasteiger partial charge in [-0.05, 0) is 43.3 Å². The number of carbonyl (C=O) groups excluding carboxylic acids is 1. The Bertz CT molecular complexity index is 618. The minimum absolute atomic E-state index is 0.342. The molecule has 0 fully saturated rings. The Morgan fingerprint density at radius 3 is 2.20 bits per heavy atom. The molecule has 0 aliphatic carbocycles. The highest BCUT2D eigenvalue weighted by Crippen LogP contribution is 2.29. The van der Waals surface area contributed by atoms with E-state index in [1.807, 2.05) is 31.2 Å². The average molecular weight is 296 g/mol. The lowest BCUT2D eigenvalue weighted by Gasteiger charge is -2.06. The van der Waals surface area contributed by atoms with Crippen molar-refractivity contribution in [3.05, 3.63) is 59.7 Å². The second-order valence-corrected chi connectivity index (χ2v) is 5.42. The zero-order chi connectivity index (χ0) is 14.8. The molecule has 0 amide bonds. The Balaban J connectivity index is 2.15. The first-order valence-electron chi connectivity index (χ1n) is 5.82. The molecule has 0 aliphatic heterocycles. The fourth-order valence-electron chi connectivity index (χ4n) is 1.65. The van der Waals surface area contributed by atoms with Gasteiger partial charge in [0.2, 0.25) is 0 Å². The third-order valence-corrected chi connectivity index (χ3v) is 3.60. The van der Waals surface area contributed by atoms with E-state index in [4.69, 9.17) is 0 Å². The van der Waals surface area contributed by atoms with Crippen molar-refractivity contribution in [2.45, 2.75) is 22.9 Å². The van der Waals surface area contributed by atoms with Crippen molar-refractivity contribution in [2.75, 3.05) is 0 Å². The summed E-state index contributed by atoms with van der Waals surface area (Å²) in [6, 6.07) is 13.2. The summed E-state index contributed by atoms with van der Waals surface area (Å²) in [5.74, 6) is -1.82. The van der Waals surface area contributed by atoms with Gasteiger partial charge in [-0.2, -0.15) is 13.2 Å². The van der Waals surface area contributed by atoms with Crippen LogP contribution >= 0.6 is 11.8 Å². The highest BCUT2D eigenvalue weighted by Gasteiger charge is 2.39. The average Bonchev–Trinajstić information content (AvgIpc) is 2.38. The smallest absolute Gasteiger partial charge is 0.284 e. The molecule has 20 heavy (non-hydrogen) atoms. The number of hydrogen-bond acceptors (Lipinski definition) is 2. The number of rotatable bonds is 3. The summed E-state index contributed by atoms with van der Waals surface area (Å²) in [4.78, 5) is 12.8. The number of carbonyl (C=O) groups is 1. The zero-order valence-corrected chi connectivity index (χ0v) is 11.4. The predicted molar refractivity (Wildman–Crippen MR) is 72.1 cm³/mol. The van der Waals surface area contributed by atoms with Crippen molar-refractivity contribution in [3.63, 3.8) is 0 Å².